The van der Waals surface area contributed by atoms with Crippen molar-refractivity contribution in [2.75, 3.05) is 6.61 Å². The van der Waals surface area contributed by atoms with Crippen molar-refractivity contribution in [2.45, 2.75) is 6.92 Å². The topological polar surface area (TPSA) is 33.1 Å². The minimum atomic E-state index is 0.190. The van der Waals surface area contributed by atoms with E-state index in [1.807, 2.05) is 25.1 Å². The van der Waals surface area contributed by atoms with Crippen LogP contribution in [-0.4, -0.2) is 12.5 Å². The monoisotopic (exact) mass is 253 g/mol. The van der Waals surface area contributed by atoms with Gasteiger partial charge in [0.2, 0.25) is 5.90 Å². The van der Waals surface area contributed by atoms with Crippen LogP contribution in [-0.2, 0) is 4.74 Å². The van der Waals surface area contributed by atoms with Crippen LogP contribution in [0.3, 0.4) is 0 Å². The summed E-state index contributed by atoms with van der Waals surface area (Å²) in [5, 5.41) is 7.62. The van der Waals surface area contributed by atoms with E-state index in [1.54, 1.807) is 6.08 Å². The largest absolute Gasteiger partial charge is 0.478 e. The molecule has 0 aliphatic rings. The summed E-state index contributed by atoms with van der Waals surface area (Å²) in [5.41, 5.74) is 1.78. The number of rotatable bonds is 3. The van der Waals surface area contributed by atoms with Crippen molar-refractivity contribution in [3.8, 4) is 0 Å². The van der Waals surface area contributed by atoms with E-state index in [0.29, 0.717) is 6.61 Å². The molecule has 0 aromatic heterocycles. The van der Waals surface area contributed by atoms with Gasteiger partial charge in [-0.25, -0.2) is 0 Å². The predicted molar refractivity (Wildman–Crippen MR) is 62.7 cm³/mol. The summed E-state index contributed by atoms with van der Waals surface area (Å²) in [7, 11) is 0. The van der Waals surface area contributed by atoms with Crippen molar-refractivity contribution >= 4 is 27.9 Å². The van der Waals surface area contributed by atoms with Gasteiger partial charge in [-0.3, -0.25) is 5.41 Å². The Kier molecular flexibility index (Phi) is 3.89. The molecular formula is C11H12BrNO. The standard InChI is InChI=1S/C11H12BrNO/c1-3-8-5-6-9(10(12)7-8)11(13)14-4-2/h3,5-7,13H,1,4H2,2H3. The Labute approximate surface area is 92.2 Å². The molecule has 0 fully saturated rings. The summed E-state index contributed by atoms with van der Waals surface area (Å²) in [6, 6.07) is 5.66. The SMILES string of the molecule is C=Cc1ccc(C(=N)OCC)c(Br)c1. The number of hydrogen-bond acceptors (Lipinski definition) is 2. The molecule has 0 bridgehead atoms. The van der Waals surface area contributed by atoms with E-state index in [9.17, 15) is 0 Å². The van der Waals surface area contributed by atoms with E-state index in [-0.39, 0.29) is 5.90 Å². The van der Waals surface area contributed by atoms with Crippen LogP contribution in [0.4, 0.5) is 0 Å². The third-order valence-electron chi connectivity index (χ3n) is 1.76. The van der Waals surface area contributed by atoms with Gasteiger partial charge in [0.25, 0.3) is 0 Å². The van der Waals surface area contributed by atoms with Crippen LogP contribution in [0.25, 0.3) is 6.08 Å². The second-order valence-electron chi connectivity index (χ2n) is 2.71. The van der Waals surface area contributed by atoms with E-state index in [2.05, 4.69) is 22.5 Å². The van der Waals surface area contributed by atoms with Gasteiger partial charge in [0.15, 0.2) is 0 Å². The van der Waals surface area contributed by atoms with Gasteiger partial charge in [-0.2, -0.15) is 0 Å². The Hall–Kier alpha value is -1.09. The minimum absolute atomic E-state index is 0.190. The normalized spacial score (nSPS) is 9.57. The molecule has 0 aliphatic carbocycles. The lowest BCUT2D eigenvalue weighted by Crippen LogP contribution is -2.05. The van der Waals surface area contributed by atoms with Crippen molar-refractivity contribution in [3.63, 3.8) is 0 Å². The quantitative estimate of drug-likeness (QED) is 0.650. The van der Waals surface area contributed by atoms with E-state index in [1.165, 1.54) is 0 Å². The second-order valence-corrected chi connectivity index (χ2v) is 3.56. The average molecular weight is 254 g/mol. The molecule has 1 aromatic carbocycles. The van der Waals surface area contributed by atoms with Crippen LogP contribution < -0.4 is 0 Å². The molecule has 0 amide bonds. The molecule has 0 unspecified atom stereocenters. The molecule has 1 rings (SSSR count). The molecule has 0 atom stereocenters. The van der Waals surface area contributed by atoms with Crippen LogP contribution >= 0.6 is 15.9 Å². The van der Waals surface area contributed by atoms with Crippen molar-refractivity contribution < 1.29 is 4.74 Å². The van der Waals surface area contributed by atoms with Crippen LogP contribution in [0.15, 0.2) is 29.3 Å². The molecule has 0 spiro atoms. The van der Waals surface area contributed by atoms with Crippen LogP contribution in [0, 0.1) is 5.41 Å². The highest BCUT2D eigenvalue weighted by molar-refractivity contribution is 9.10. The maximum atomic E-state index is 7.62. The highest BCUT2D eigenvalue weighted by Crippen LogP contribution is 2.20. The van der Waals surface area contributed by atoms with Gasteiger partial charge in [-0.15, -0.1) is 0 Å². The molecule has 1 N–H and O–H groups in total. The fourth-order valence-corrected chi connectivity index (χ4v) is 1.64. The van der Waals surface area contributed by atoms with Crippen molar-refractivity contribution in [3.05, 3.63) is 40.4 Å². The van der Waals surface area contributed by atoms with Gasteiger partial charge in [0.1, 0.15) is 0 Å². The molecule has 0 heterocycles. The molecule has 74 valence electrons. The molecule has 2 nitrogen and oxygen atoms in total. The Morgan fingerprint density at radius 3 is 2.86 bits per heavy atom. The minimum Gasteiger partial charge on any atom is -0.478 e. The lowest BCUT2D eigenvalue weighted by Gasteiger charge is -2.07. The molecule has 0 saturated heterocycles. The van der Waals surface area contributed by atoms with Gasteiger partial charge in [-0.05, 0) is 40.5 Å². The number of halogens is 1. The third kappa shape index (κ3) is 2.45. The van der Waals surface area contributed by atoms with Gasteiger partial charge >= 0.3 is 0 Å². The number of benzene rings is 1. The maximum Gasteiger partial charge on any atom is 0.214 e. The van der Waals surface area contributed by atoms with Gasteiger partial charge in [0.05, 0.1) is 12.2 Å². The lowest BCUT2D eigenvalue weighted by atomic mass is 10.1. The fraction of sp³-hybridized carbons (Fsp3) is 0.182. The van der Waals surface area contributed by atoms with Crippen molar-refractivity contribution in [1.82, 2.24) is 0 Å². The van der Waals surface area contributed by atoms with E-state index in [0.717, 1.165) is 15.6 Å². The number of hydrogen-bond donors (Lipinski definition) is 1. The Balaban J connectivity index is 2.99. The summed E-state index contributed by atoms with van der Waals surface area (Å²) in [6.45, 7) is 6.05. The predicted octanol–water partition coefficient (Wildman–Crippen LogP) is 3.45. The zero-order chi connectivity index (χ0) is 10.6. The number of ether oxygens (including phenoxy) is 1. The molecule has 0 aliphatic heterocycles. The third-order valence-corrected chi connectivity index (χ3v) is 2.42. The smallest absolute Gasteiger partial charge is 0.214 e. The molecule has 0 radical (unpaired) electrons. The van der Waals surface area contributed by atoms with Crippen LogP contribution in [0.1, 0.15) is 18.1 Å². The van der Waals surface area contributed by atoms with Crippen molar-refractivity contribution in [1.29, 1.82) is 5.41 Å². The molecule has 3 heteroatoms. The zero-order valence-electron chi connectivity index (χ0n) is 8.01. The first-order chi connectivity index (χ1) is 6.69. The highest BCUT2D eigenvalue weighted by Gasteiger charge is 2.06. The Morgan fingerprint density at radius 1 is 1.64 bits per heavy atom. The fourth-order valence-electron chi connectivity index (χ4n) is 1.06. The van der Waals surface area contributed by atoms with E-state index >= 15 is 0 Å². The summed E-state index contributed by atoms with van der Waals surface area (Å²) < 4.78 is 5.96. The molecule has 14 heavy (non-hydrogen) atoms. The zero-order valence-corrected chi connectivity index (χ0v) is 9.60. The summed E-state index contributed by atoms with van der Waals surface area (Å²) >= 11 is 3.39. The lowest BCUT2D eigenvalue weighted by molar-refractivity contribution is 0.325. The van der Waals surface area contributed by atoms with Crippen LogP contribution in [0.2, 0.25) is 0 Å². The van der Waals surface area contributed by atoms with Gasteiger partial charge in [0, 0.05) is 4.47 Å². The first-order valence-electron chi connectivity index (χ1n) is 4.32. The van der Waals surface area contributed by atoms with Gasteiger partial charge in [-0.1, -0.05) is 18.7 Å². The summed E-state index contributed by atoms with van der Waals surface area (Å²) in [6.07, 6.45) is 1.76. The first-order valence-corrected chi connectivity index (χ1v) is 5.12. The highest BCUT2D eigenvalue weighted by atomic mass is 79.9. The summed E-state index contributed by atoms with van der Waals surface area (Å²) in [4.78, 5) is 0. The van der Waals surface area contributed by atoms with E-state index < -0.39 is 0 Å². The summed E-state index contributed by atoms with van der Waals surface area (Å²) in [5.74, 6) is 0.190. The maximum absolute atomic E-state index is 7.62. The molecule has 0 saturated carbocycles. The molecule has 1 aromatic rings. The Bertz CT molecular complexity index is 360. The average Bonchev–Trinajstić information content (AvgIpc) is 2.17. The first kappa shape index (κ1) is 11.0. The molecular weight excluding hydrogens is 242 g/mol. The second kappa shape index (κ2) is 4.96. The van der Waals surface area contributed by atoms with E-state index in [4.69, 9.17) is 10.1 Å². The Morgan fingerprint density at radius 2 is 2.36 bits per heavy atom. The van der Waals surface area contributed by atoms with Gasteiger partial charge < -0.3 is 4.74 Å². The van der Waals surface area contributed by atoms with Crippen molar-refractivity contribution in [2.24, 2.45) is 0 Å². The van der Waals surface area contributed by atoms with Crippen LogP contribution in [0.5, 0.6) is 0 Å². The number of nitrogens with one attached hydrogen (secondary N) is 1.